The van der Waals surface area contributed by atoms with Crippen LogP contribution in [0.25, 0.3) is 22.6 Å². The van der Waals surface area contributed by atoms with Gasteiger partial charge >= 0.3 is 6.03 Å². The zero-order valence-corrected chi connectivity index (χ0v) is 15.4. The zero-order valence-electron chi connectivity index (χ0n) is 13.9. The highest BCUT2D eigenvalue weighted by Gasteiger charge is 2.16. The largest absolute Gasteiger partial charge is 0.436 e. The van der Waals surface area contributed by atoms with Crippen molar-refractivity contribution < 1.29 is 14.4 Å². The van der Waals surface area contributed by atoms with E-state index in [9.17, 15) is 4.79 Å². The molecule has 0 fully saturated rings. The first kappa shape index (κ1) is 18.5. The number of aromatic nitrogens is 1. The van der Waals surface area contributed by atoms with Crippen LogP contribution in [0.2, 0.25) is 10.0 Å². The van der Waals surface area contributed by atoms with Crippen molar-refractivity contribution in [3.63, 3.8) is 0 Å². The fraction of sp³-hybridized carbons (Fsp3) is 0.222. The summed E-state index contributed by atoms with van der Waals surface area (Å²) < 4.78 is 5.96. The number of halogens is 2. The number of rotatable bonds is 5. The van der Waals surface area contributed by atoms with Gasteiger partial charge < -0.3 is 9.73 Å². The number of urea groups is 1. The van der Waals surface area contributed by atoms with Crippen molar-refractivity contribution in [3.8, 4) is 11.5 Å². The lowest BCUT2D eigenvalue weighted by atomic mass is 10.1. The molecule has 1 atom stereocenters. The number of fused-ring (bicyclic) bond motifs is 1. The highest BCUT2D eigenvalue weighted by Crippen LogP contribution is 2.33. The third kappa shape index (κ3) is 4.09. The molecule has 0 saturated heterocycles. The van der Waals surface area contributed by atoms with E-state index in [2.05, 4.69) is 10.3 Å². The predicted molar refractivity (Wildman–Crippen MR) is 101 cm³/mol. The average molecular weight is 394 g/mol. The molecule has 0 aliphatic carbocycles. The normalized spacial score (nSPS) is 12.2. The third-order valence-electron chi connectivity index (χ3n) is 3.96. The molecule has 6 nitrogen and oxygen atoms in total. The van der Waals surface area contributed by atoms with Crippen LogP contribution < -0.4 is 10.8 Å². The SMILES string of the molecule is CC(CCc1cc(Cl)cc2nc(-c3ccccc3Cl)oc12)NC(=O)NO. The first-order valence-electron chi connectivity index (χ1n) is 8.02. The lowest BCUT2D eigenvalue weighted by Crippen LogP contribution is -2.39. The maximum Gasteiger partial charge on any atom is 0.338 e. The molecule has 2 aromatic carbocycles. The first-order chi connectivity index (χ1) is 12.5. The van der Waals surface area contributed by atoms with Crippen LogP contribution in [0.5, 0.6) is 0 Å². The van der Waals surface area contributed by atoms with E-state index in [1.54, 1.807) is 17.6 Å². The van der Waals surface area contributed by atoms with Gasteiger partial charge in [-0.3, -0.25) is 5.21 Å². The number of carbonyl (C=O) groups excluding carboxylic acids is 1. The minimum absolute atomic E-state index is 0.151. The van der Waals surface area contributed by atoms with E-state index in [-0.39, 0.29) is 6.04 Å². The van der Waals surface area contributed by atoms with Gasteiger partial charge in [0.2, 0.25) is 5.89 Å². The second kappa shape index (κ2) is 7.95. The van der Waals surface area contributed by atoms with E-state index in [0.717, 1.165) is 5.56 Å². The molecule has 1 unspecified atom stereocenters. The molecule has 2 amide bonds. The van der Waals surface area contributed by atoms with Crippen molar-refractivity contribution in [2.75, 3.05) is 0 Å². The maximum atomic E-state index is 11.2. The summed E-state index contributed by atoms with van der Waals surface area (Å²) in [7, 11) is 0. The summed E-state index contributed by atoms with van der Waals surface area (Å²) in [6, 6.07) is 10.1. The van der Waals surface area contributed by atoms with Crippen LogP contribution in [0, 0.1) is 0 Å². The third-order valence-corrected chi connectivity index (χ3v) is 4.51. The van der Waals surface area contributed by atoms with Gasteiger partial charge in [-0.1, -0.05) is 35.3 Å². The Balaban J connectivity index is 1.89. The molecule has 26 heavy (non-hydrogen) atoms. The van der Waals surface area contributed by atoms with E-state index in [0.29, 0.717) is 45.4 Å². The fourth-order valence-electron chi connectivity index (χ4n) is 2.70. The van der Waals surface area contributed by atoms with E-state index in [1.807, 2.05) is 31.2 Å². The number of nitrogens with zero attached hydrogens (tertiary/aromatic N) is 1. The average Bonchev–Trinajstić information content (AvgIpc) is 3.03. The van der Waals surface area contributed by atoms with Crippen molar-refractivity contribution in [2.45, 2.75) is 25.8 Å². The van der Waals surface area contributed by atoms with Crippen molar-refractivity contribution in [3.05, 3.63) is 52.0 Å². The van der Waals surface area contributed by atoms with E-state index >= 15 is 0 Å². The molecular weight excluding hydrogens is 377 g/mol. The molecule has 0 radical (unpaired) electrons. The second-order valence-corrected chi connectivity index (χ2v) is 6.78. The van der Waals surface area contributed by atoms with Crippen LogP contribution in [-0.4, -0.2) is 22.3 Å². The molecule has 8 heteroatoms. The summed E-state index contributed by atoms with van der Waals surface area (Å²) in [6.45, 7) is 1.84. The van der Waals surface area contributed by atoms with Crippen molar-refractivity contribution in [1.29, 1.82) is 0 Å². The van der Waals surface area contributed by atoms with E-state index in [4.69, 9.17) is 32.8 Å². The molecule has 1 aromatic heterocycles. The second-order valence-electron chi connectivity index (χ2n) is 5.94. The van der Waals surface area contributed by atoms with Crippen LogP contribution >= 0.6 is 23.2 Å². The number of hydrogen-bond donors (Lipinski definition) is 3. The van der Waals surface area contributed by atoms with Crippen molar-refractivity contribution >= 4 is 40.3 Å². The monoisotopic (exact) mass is 393 g/mol. The Bertz CT molecular complexity index is 943. The Morgan fingerprint density at radius 3 is 2.81 bits per heavy atom. The Hall–Kier alpha value is -2.28. The molecule has 3 rings (SSSR count). The molecule has 3 N–H and O–H groups in total. The van der Waals surface area contributed by atoms with Gasteiger partial charge in [-0.25, -0.2) is 15.3 Å². The maximum absolute atomic E-state index is 11.2. The molecule has 0 aliphatic heterocycles. The van der Waals surface area contributed by atoms with Crippen molar-refractivity contribution in [2.24, 2.45) is 0 Å². The molecular formula is C18H17Cl2N3O3. The number of aryl methyl sites for hydroxylation is 1. The summed E-state index contributed by atoms with van der Waals surface area (Å²) in [5.74, 6) is 0.431. The number of oxazole rings is 1. The van der Waals surface area contributed by atoms with Gasteiger partial charge in [0.1, 0.15) is 5.52 Å². The van der Waals surface area contributed by atoms with E-state index < -0.39 is 6.03 Å². The van der Waals surface area contributed by atoms with Gasteiger partial charge in [0, 0.05) is 11.1 Å². The highest BCUT2D eigenvalue weighted by molar-refractivity contribution is 6.33. The van der Waals surface area contributed by atoms with Gasteiger partial charge in [-0.15, -0.1) is 0 Å². The minimum Gasteiger partial charge on any atom is -0.436 e. The summed E-state index contributed by atoms with van der Waals surface area (Å²) >= 11 is 12.4. The fourth-order valence-corrected chi connectivity index (χ4v) is 3.15. The highest BCUT2D eigenvalue weighted by atomic mass is 35.5. The lowest BCUT2D eigenvalue weighted by Gasteiger charge is -2.13. The quantitative estimate of drug-likeness (QED) is 0.428. The number of amides is 2. The standard InChI is InChI=1S/C18H17Cl2N3O3/c1-10(21-18(24)23-25)6-7-11-8-12(19)9-15-16(11)26-17(22-15)13-4-2-3-5-14(13)20/h2-5,8-10,25H,6-7H2,1H3,(H2,21,23,24). The number of nitrogens with one attached hydrogen (secondary N) is 2. The zero-order chi connectivity index (χ0) is 18.7. The van der Waals surface area contributed by atoms with E-state index in [1.165, 1.54) is 0 Å². The Morgan fingerprint density at radius 1 is 1.31 bits per heavy atom. The number of hydroxylamine groups is 1. The summed E-state index contributed by atoms with van der Waals surface area (Å²) in [6.07, 6.45) is 1.24. The van der Waals surface area contributed by atoms with Crippen molar-refractivity contribution in [1.82, 2.24) is 15.8 Å². The summed E-state index contributed by atoms with van der Waals surface area (Å²) in [5.41, 5.74) is 4.43. The van der Waals surface area contributed by atoms with Gasteiger partial charge in [0.05, 0.1) is 10.6 Å². The Morgan fingerprint density at radius 2 is 2.08 bits per heavy atom. The van der Waals surface area contributed by atoms with Crippen LogP contribution in [0.4, 0.5) is 4.79 Å². The molecule has 1 heterocycles. The molecule has 0 bridgehead atoms. The van der Waals surface area contributed by atoms with Crippen LogP contribution in [0.15, 0.2) is 40.8 Å². The van der Waals surface area contributed by atoms with Crippen LogP contribution in [0.1, 0.15) is 18.9 Å². The lowest BCUT2D eigenvalue weighted by molar-refractivity contribution is 0.159. The topological polar surface area (TPSA) is 87.4 Å². The molecule has 136 valence electrons. The molecule has 0 spiro atoms. The minimum atomic E-state index is -0.644. The molecule has 0 aliphatic rings. The number of benzene rings is 2. The molecule has 0 saturated carbocycles. The predicted octanol–water partition coefficient (Wildman–Crippen LogP) is 4.81. The Kier molecular flexibility index (Phi) is 5.66. The Labute approximate surface area is 160 Å². The number of hydrogen-bond acceptors (Lipinski definition) is 4. The van der Waals surface area contributed by atoms with Gasteiger partial charge in [0.25, 0.3) is 0 Å². The number of carbonyl (C=O) groups is 1. The van der Waals surface area contributed by atoms with Gasteiger partial charge in [-0.05, 0) is 49.6 Å². The molecule has 3 aromatic rings. The van der Waals surface area contributed by atoms with Gasteiger partial charge in [-0.2, -0.15) is 0 Å². The van der Waals surface area contributed by atoms with Gasteiger partial charge in [0.15, 0.2) is 5.58 Å². The first-order valence-corrected chi connectivity index (χ1v) is 8.78. The smallest absolute Gasteiger partial charge is 0.338 e. The van der Waals surface area contributed by atoms with Crippen LogP contribution in [-0.2, 0) is 6.42 Å². The summed E-state index contributed by atoms with van der Waals surface area (Å²) in [5, 5.41) is 12.3. The summed E-state index contributed by atoms with van der Waals surface area (Å²) in [4.78, 5) is 15.7. The van der Waals surface area contributed by atoms with Crippen LogP contribution in [0.3, 0.4) is 0 Å².